The summed E-state index contributed by atoms with van der Waals surface area (Å²) in [4.78, 5) is 9.90. The van der Waals surface area contributed by atoms with Crippen molar-refractivity contribution in [2.24, 2.45) is 5.92 Å². The molecule has 6 nitrogen and oxygen atoms in total. The van der Waals surface area contributed by atoms with Crippen molar-refractivity contribution in [1.29, 1.82) is 0 Å². The van der Waals surface area contributed by atoms with E-state index in [2.05, 4.69) is 24.7 Å². The number of halogens is 5. The molecule has 0 aliphatic carbocycles. The van der Waals surface area contributed by atoms with Crippen LogP contribution >= 0.6 is 0 Å². The fraction of sp³-hybridized carbons (Fsp3) is 0.450. The zero-order valence-corrected chi connectivity index (χ0v) is 16.6. The molecule has 0 unspecified atom stereocenters. The standard InChI is InChI=1S/C20H20F5N5O/c1-12-5-6-29(9-13-3-2-4-14(7-13)31-20(23,24)25)10-15(12)17-8-16(18(21)22)28-19-26-11-27-30(17)19/h2-4,7-8,11-12,15,18H,5-6,9-10H2,1H3/t12-,15-/m1/s1. The summed E-state index contributed by atoms with van der Waals surface area (Å²) in [7, 11) is 0. The van der Waals surface area contributed by atoms with Crippen LogP contribution in [0.1, 0.15) is 42.6 Å². The molecule has 166 valence electrons. The quantitative estimate of drug-likeness (QED) is 0.543. The molecular weight excluding hydrogens is 421 g/mol. The lowest BCUT2D eigenvalue weighted by Gasteiger charge is -2.37. The number of hydrogen-bond donors (Lipinski definition) is 0. The lowest BCUT2D eigenvalue weighted by Crippen LogP contribution is -2.38. The van der Waals surface area contributed by atoms with Crippen LogP contribution in [0.2, 0.25) is 0 Å². The van der Waals surface area contributed by atoms with Crippen molar-refractivity contribution in [1.82, 2.24) is 24.5 Å². The molecule has 1 aliphatic rings. The maximum absolute atomic E-state index is 13.3. The van der Waals surface area contributed by atoms with Crippen LogP contribution in [0.5, 0.6) is 5.75 Å². The van der Waals surface area contributed by atoms with Gasteiger partial charge in [0.2, 0.25) is 0 Å². The van der Waals surface area contributed by atoms with Crippen LogP contribution < -0.4 is 4.74 Å². The molecule has 2 aromatic heterocycles. The minimum Gasteiger partial charge on any atom is -0.406 e. The van der Waals surface area contributed by atoms with Crippen LogP contribution in [0.25, 0.3) is 5.78 Å². The lowest BCUT2D eigenvalue weighted by atomic mass is 9.84. The molecule has 0 saturated carbocycles. The second kappa shape index (κ2) is 8.37. The van der Waals surface area contributed by atoms with Gasteiger partial charge in [-0.2, -0.15) is 10.1 Å². The second-order valence-corrected chi connectivity index (χ2v) is 7.68. The number of fused-ring (bicyclic) bond motifs is 1. The highest BCUT2D eigenvalue weighted by atomic mass is 19.4. The number of piperidine rings is 1. The van der Waals surface area contributed by atoms with Gasteiger partial charge in [0, 0.05) is 19.0 Å². The van der Waals surface area contributed by atoms with Gasteiger partial charge in [0.25, 0.3) is 12.2 Å². The van der Waals surface area contributed by atoms with Crippen molar-refractivity contribution < 1.29 is 26.7 Å². The fourth-order valence-electron chi connectivity index (χ4n) is 3.99. The Bertz CT molecular complexity index is 1050. The Kier molecular flexibility index (Phi) is 5.78. The summed E-state index contributed by atoms with van der Waals surface area (Å²) in [5.74, 6) is -0.0781. The molecular formula is C20H20F5N5O. The van der Waals surface area contributed by atoms with Gasteiger partial charge in [0.1, 0.15) is 17.8 Å². The Morgan fingerprint density at radius 2 is 2.03 bits per heavy atom. The van der Waals surface area contributed by atoms with Crippen molar-refractivity contribution in [3.63, 3.8) is 0 Å². The third kappa shape index (κ3) is 4.92. The Hall–Kier alpha value is -2.82. The zero-order chi connectivity index (χ0) is 22.2. The Balaban J connectivity index is 1.57. The molecule has 0 N–H and O–H groups in total. The van der Waals surface area contributed by atoms with Crippen LogP contribution in [0.15, 0.2) is 36.7 Å². The highest BCUT2D eigenvalue weighted by molar-refractivity contribution is 5.33. The number of alkyl halides is 5. The number of aromatic nitrogens is 4. The summed E-state index contributed by atoms with van der Waals surface area (Å²) in [6.07, 6.45) is -5.41. The third-order valence-corrected chi connectivity index (χ3v) is 5.48. The molecule has 1 fully saturated rings. The summed E-state index contributed by atoms with van der Waals surface area (Å²) in [5.41, 5.74) is 0.921. The second-order valence-electron chi connectivity index (χ2n) is 7.68. The molecule has 1 aromatic carbocycles. The third-order valence-electron chi connectivity index (χ3n) is 5.48. The van der Waals surface area contributed by atoms with E-state index in [1.165, 1.54) is 35.1 Å². The van der Waals surface area contributed by atoms with Gasteiger partial charge < -0.3 is 4.74 Å². The van der Waals surface area contributed by atoms with Gasteiger partial charge in [-0.05, 0) is 42.6 Å². The normalized spacial score (nSPS) is 20.5. The summed E-state index contributed by atoms with van der Waals surface area (Å²) >= 11 is 0. The summed E-state index contributed by atoms with van der Waals surface area (Å²) in [6, 6.07) is 7.22. The molecule has 2 atom stereocenters. The first kappa shape index (κ1) is 21.4. The summed E-state index contributed by atoms with van der Waals surface area (Å²) < 4.78 is 69.7. The first-order valence-corrected chi connectivity index (χ1v) is 9.75. The summed E-state index contributed by atoms with van der Waals surface area (Å²) in [5, 5.41) is 4.14. The SMILES string of the molecule is C[C@@H]1CCN(Cc2cccc(OC(F)(F)F)c2)C[C@H]1c1cc(C(F)F)nc2ncnn12. The van der Waals surface area contributed by atoms with Gasteiger partial charge in [-0.1, -0.05) is 19.1 Å². The number of rotatable bonds is 5. The smallest absolute Gasteiger partial charge is 0.406 e. The van der Waals surface area contributed by atoms with E-state index in [-0.39, 0.29) is 29.1 Å². The van der Waals surface area contributed by atoms with E-state index in [4.69, 9.17) is 0 Å². The van der Waals surface area contributed by atoms with Crippen molar-refractivity contribution in [3.8, 4) is 5.75 Å². The van der Waals surface area contributed by atoms with Gasteiger partial charge in [-0.25, -0.2) is 18.3 Å². The first-order chi connectivity index (χ1) is 14.7. The number of ether oxygens (including phenoxy) is 1. The molecule has 11 heteroatoms. The summed E-state index contributed by atoms with van der Waals surface area (Å²) in [6.45, 7) is 3.72. The highest BCUT2D eigenvalue weighted by Gasteiger charge is 2.32. The Morgan fingerprint density at radius 3 is 2.77 bits per heavy atom. The van der Waals surface area contributed by atoms with E-state index in [0.29, 0.717) is 24.3 Å². The lowest BCUT2D eigenvalue weighted by molar-refractivity contribution is -0.274. The molecule has 0 amide bonds. The van der Waals surface area contributed by atoms with E-state index in [9.17, 15) is 22.0 Å². The van der Waals surface area contributed by atoms with E-state index in [1.54, 1.807) is 6.07 Å². The van der Waals surface area contributed by atoms with Gasteiger partial charge >= 0.3 is 6.36 Å². The van der Waals surface area contributed by atoms with Gasteiger partial charge in [-0.15, -0.1) is 13.2 Å². The van der Waals surface area contributed by atoms with Crippen molar-refractivity contribution in [2.45, 2.75) is 38.6 Å². The molecule has 4 rings (SSSR count). The predicted molar refractivity (Wildman–Crippen MR) is 101 cm³/mol. The number of likely N-dealkylation sites (tertiary alicyclic amines) is 1. The number of hydrogen-bond acceptors (Lipinski definition) is 5. The molecule has 0 bridgehead atoms. The van der Waals surface area contributed by atoms with Gasteiger partial charge in [-0.3, -0.25) is 4.90 Å². The van der Waals surface area contributed by atoms with Crippen LogP contribution in [0.4, 0.5) is 22.0 Å². The molecule has 3 aromatic rings. The Labute approximate surface area is 174 Å². The largest absolute Gasteiger partial charge is 0.573 e. The fourth-order valence-corrected chi connectivity index (χ4v) is 3.99. The van der Waals surface area contributed by atoms with Crippen LogP contribution in [0.3, 0.4) is 0 Å². The molecule has 3 heterocycles. The van der Waals surface area contributed by atoms with E-state index >= 15 is 0 Å². The monoisotopic (exact) mass is 441 g/mol. The van der Waals surface area contributed by atoms with Crippen LogP contribution in [0, 0.1) is 5.92 Å². The molecule has 1 saturated heterocycles. The van der Waals surface area contributed by atoms with Crippen LogP contribution in [-0.4, -0.2) is 43.9 Å². The highest BCUT2D eigenvalue weighted by Crippen LogP contribution is 2.34. The average Bonchev–Trinajstić information content (AvgIpc) is 3.16. The van der Waals surface area contributed by atoms with Crippen molar-refractivity contribution in [2.75, 3.05) is 13.1 Å². The molecule has 31 heavy (non-hydrogen) atoms. The minimum atomic E-state index is -4.75. The zero-order valence-electron chi connectivity index (χ0n) is 16.6. The average molecular weight is 441 g/mol. The number of benzene rings is 1. The maximum atomic E-state index is 13.3. The molecule has 0 radical (unpaired) electrons. The van der Waals surface area contributed by atoms with Crippen LogP contribution in [-0.2, 0) is 6.54 Å². The molecule has 1 aliphatic heterocycles. The van der Waals surface area contributed by atoms with Crippen molar-refractivity contribution >= 4 is 5.78 Å². The van der Waals surface area contributed by atoms with Gasteiger partial charge in [0.15, 0.2) is 0 Å². The minimum absolute atomic E-state index is 0.118. The van der Waals surface area contributed by atoms with E-state index < -0.39 is 12.8 Å². The maximum Gasteiger partial charge on any atom is 0.573 e. The number of nitrogens with zero attached hydrogens (tertiary/aromatic N) is 5. The van der Waals surface area contributed by atoms with Crippen molar-refractivity contribution in [3.05, 3.63) is 53.6 Å². The topological polar surface area (TPSA) is 55.5 Å². The predicted octanol–water partition coefficient (Wildman–Crippen LogP) is 4.59. The first-order valence-electron chi connectivity index (χ1n) is 9.75. The Morgan fingerprint density at radius 1 is 1.23 bits per heavy atom. The van der Waals surface area contributed by atoms with E-state index in [0.717, 1.165) is 13.0 Å². The van der Waals surface area contributed by atoms with Gasteiger partial charge in [0.05, 0.1) is 5.69 Å². The molecule has 0 spiro atoms. The van der Waals surface area contributed by atoms with E-state index in [1.807, 2.05) is 6.92 Å².